The van der Waals surface area contributed by atoms with Crippen LogP contribution in [0.4, 0.5) is 0 Å². The highest BCUT2D eigenvalue weighted by atomic mass is 79.9. The predicted octanol–water partition coefficient (Wildman–Crippen LogP) is 5.20. The van der Waals surface area contributed by atoms with Gasteiger partial charge in [-0.1, -0.05) is 52.7 Å². The van der Waals surface area contributed by atoms with E-state index in [0.29, 0.717) is 17.2 Å². The Balaban J connectivity index is 2.24. The molecule has 1 atom stereocenters. The van der Waals surface area contributed by atoms with Crippen molar-refractivity contribution in [3.05, 3.63) is 63.6 Å². The van der Waals surface area contributed by atoms with Crippen LogP contribution in [0.15, 0.2) is 53.0 Å². The average Bonchev–Trinajstić information content (AvgIpc) is 2.67. The topological polar surface area (TPSA) is 58.6 Å². The number of amides is 2. The second kappa shape index (κ2) is 10.8. The van der Waals surface area contributed by atoms with Crippen molar-refractivity contribution in [2.24, 2.45) is 0 Å². The first-order valence-corrected chi connectivity index (χ1v) is 11.0. The van der Waals surface area contributed by atoms with Crippen molar-refractivity contribution in [1.82, 2.24) is 10.2 Å². The molecule has 0 fully saturated rings. The van der Waals surface area contributed by atoms with E-state index in [1.54, 1.807) is 23.1 Å². The number of carbonyl (C=O) groups is 2. The van der Waals surface area contributed by atoms with Gasteiger partial charge in [-0.2, -0.15) is 0 Å². The third kappa shape index (κ3) is 7.33. The van der Waals surface area contributed by atoms with Gasteiger partial charge in [-0.3, -0.25) is 9.59 Å². The van der Waals surface area contributed by atoms with Crippen LogP contribution in [0.5, 0.6) is 5.75 Å². The number of hydrogen-bond donors (Lipinski definition) is 1. The van der Waals surface area contributed by atoms with Crippen LogP contribution in [0.2, 0.25) is 5.02 Å². The van der Waals surface area contributed by atoms with E-state index in [1.165, 1.54) is 0 Å². The monoisotopic (exact) mass is 494 g/mol. The standard InChI is InChI=1S/C23H28BrClN2O3/c1-5-20(22(29)26-23(2,3)4)27(14-16-8-6-7-9-19(16)25)21(28)15-30-18-12-10-17(24)11-13-18/h6-13,20H,5,14-15H2,1-4H3,(H,26,29)/t20-/m1/s1. The summed E-state index contributed by atoms with van der Waals surface area (Å²) >= 11 is 9.69. The van der Waals surface area contributed by atoms with Crippen molar-refractivity contribution in [3.63, 3.8) is 0 Å². The van der Waals surface area contributed by atoms with Crippen molar-refractivity contribution < 1.29 is 14.3 Å². The molecule has 0 aliphatic heterocycles. The normalized spacial score (nSPS) is 12.2. The van der Waals surface area contributed by atoms with E-state index in [0.717, 1.165) is 10.0 Å². The average molecular weight is 496 g/mol. The summed E-state index contributed by atoms with van der Waals surface area (Å²) in [5, 5.41) is 3.53. The van der Waals surface area contributed by atoms with E-state index in [1.807, 2.05) is 58.0 Å². The number of rotatable bonds is 8. The molecule has 0 unspecified atom stereocenters. The smallest absolute Gasteiger partial charge is 0.261 e. The molecule has 2 rings (SSSR count). The Bertz CT molecular complexity index is 865. The predicted molar refractivity (Wildman–Crippen MR) is 124 cm³/mol. The molecule has 2 aromatic rings. The Morgan fingerprint density at radius 1 is 1.13 bits per heavy atom. The molecule has 0 aliphatic rings. The zero-order chi connectivity index (χ0) is 22.3. The number of hydrogen-bond acceptors (Lipinski definition) is 3. The molecule has 2 aromatic carbocycles. The molecule has 0 spiro atoms. The summed E-state index contributed by atoms with van der Waals surface area (Å²) in [7, 11) is 0. The molecule has 0 heterocycles. The Morgan fingerprint density at radius 3 is 2.33 bits per heavy atom. The first kappa shape index (κ1) is 24.2. The van der Waals surface area contributed by atoms with Crippen LogP contribution in [-0.2, 0) is 16.1 Å². The van der Waals surface area contributed by atoms with Crippen LogP contribution in [0, 0.1) is 0 Å². The lowest BCUT2D eigenvalue weighted by molar-refractivity contribution is -0.143. The molecule has 0 aliphatic carbocycles. The number of carbonyl (C=O) groups excluding carboxylic acids is 2. The van der Waals surface area contributed by atoms with E-state index < -0.39 is 11.6 Å². The van der Waals surface area contributed by atoms with Gasteiger partial charge < -0.3 is 15.0 Å². The lowest BCUT2D eigenvalue weighted by atomic mass is 10.1. The Kier molecular flexibility index (Phi) is 8.74. The fourth-order valence-corrected chi connectivity index (χ4v) is 3.40. The minimum Gasteiger partial charge on any atom is -0.484 e. The molecule has 0 aromatic heterocycles. The SMILES string of the molecule is CC[C@H](C(=O)NC(C)(C)C)N(Cc1ccccc1Cl)C(=O)COc1ccc(Br)cc1. The summed E-state index contributed by atoms with van der Waals surface area (Å²) in [5.41, 5.74) is 0.371. The molecule has 0 saturated heterocycles. The minimum atomic E-state index is -0.637. The fraction of sp³-hybridized carbons (Fsp3) is 0.391. The summed E-state index contributed by atoms with van der Waals surface area (Å²) in [5.74, 6) is 0.0965. The van der Waals surface area contributed by atoms with Gasteiger partial charge in [0.1, 0.15) is 11.8 Å². The molecule has 5 nitrogen and oxygen atoms in total. The first-order valence-electron chi connectivity index (χ1n) is 9.84. The molecule has 162 valence electrons. The summed E-state index contributed by atoms with van der Waals surface area (Å²) in [6.45, 7) is 7.66. The van der Waals surface area contributed by atoms with Gasteiger partial charge in [0.25, 0.3) is 5.91 Å². The van der Waals surface area contributed by atoms with Gasteiger partial charge in [-0.05, 0) is 63.1 Å². The van der Waals surface area contributed by atoms with Gasteiger partial charge in [0.15, 0.2) is 6.61 Å². The van der Waals surface area contributed by atoms with Gasteiger partial charge in [0.05, 0.1) is 0 Å². The highest BCUT2D eigenvalue weighted by Gasteiger charge is 2.31. The highest BCUT2D eigenvalue weighted by Crippen LogP contribution is 2.21. The van der Waals surface area contributed by atoms with Gasteiger partial charge >= 0.3 is 0 Å². The molecule has 2 amide bonds. The van der Waals surface area contributed by atoms with Gasteiger partial charge in [-0.25, -0.2) is 0 Å². The molecule has 7 heteroatoms. The molecule has 1 N–H and O–H groups in total. The van der Waals surface area contributed by atoms with Crippen LogP contribution in [0.25, 0.3) is 0 Å². The third-order valence-electron chi connectivity index (χ3n) is 4.36. The maximum atomic E-state index is 13.1. The summed E-state index contributed by atoms with van der Waals surface area (Å²) in [6.07, 6.45) is 0.469. The lowest BCUT2D eigenvalue weighted by Crippen LogP contribution is -2.54. The Morgan fingerprint density at radius 2 is 1.77 bits per heavy atom. The molecule has 0 saturated carbocycles. The van der Waals surface area contributed by atoms with Crippen molar-refractivity contribution in [1.29, 1.82) is 0 Å². The van der Waals surface area contributed by atoms with E-state index in [9.17, 15) is 9.59 Å². The highest BCUT2D eigenvalue weighted by molar-refractivity contribution is 9.10. The molecule has 0 radical (unpaired) electrons. The Labute approximate surface area is 191 Å². The third-order valence-corrected chi connectivity index (χ3v) is 5.26. The second-order valence-corrected chi connectivity index (χ2v) is 9.34. The van der Waals surface area contributed by atoms with Crippen LogP contribution in [0.3, 0.4) is 0 Å². The zero-order valence-corrected chi connectivity index (χ0v) is 20.1. The quantitative estimate of drug-likeness (QED) is 0.547. The summed E-state index contributed by atoms with van der Waals surface area (Å²) < 4.78 is 6.59. The number of ether oxygens (including phenoxy) is 1. The molecule has 0 bridgehead atoms. The number of nitrogens with zero attached hydrogens (tertiary/aromatic N) is 1. The summed E-state index contributed by atoms with van der Waals surface area (Å²) in [6, 6.07) is 13.9. The maximum absolute atomic E-state index is 13.1. The van der Waals surface area contributed by atoms with Gasteiger partial charge in [-0.15, -0.1) is 0 Å². The second-order valence-electron chi connectivity index (χ2n) is 8.02. The van der Waals surface area contributed by atoms with Crippen molar-refractivity contribution in [2.45, 2.75) is 52.2 Å². The van der Waals surface area contributed by atoms with Crippen LogP contribution in [-0.4, -0.2) is 34.9 Å². The van der Waals surface area contributed by atoms with E-state index in [2.05, 4.69) is 21.2 Å². The number of nitrogens with one attached hydrogen (secondary N) is 1. The van der Waals surface area contributed by atoms with E-state index in [-0.39, 0.29) is 25.0 Å². The van der Waals surface area contributed by atoms with Crippen LogP contribution in [0.1, 0.15) is 39.7 Å². The van der Waals surface area contributed by atoms with E-state index >= 15 is 0 Å². The number of halogens is 2. The minimum absolute atomic E-state index is 0.175. The molecular formula is C23H28BrClN2O3. The number of benzene rings is 2. The van der Waals surface area contributed by atoms with Crippen LogP contribution >= 0.6 is 27.5 Å². The van der Waals surface area contributed by atoms with E-state index in [4.69, 9.17) is 16.3 Å². The largest absolute Gasteiger partial charge is 0.484 e. The maximum Gasteiger partial charge on any atom is 0.261 e. The first-order chi connectivity index (χ1) is 14.1. The summed E-state index contributed by atoms with van der Waals surface area (Å²) in [4.78, 5) is 27.6. The van der Waals surface area contributed by atoms with Crippen molar-refractivity contribution in [2.75, 3.05) is 6.61 Å². The molecule has 30 heavy (non-hydrogen) atoms. The fourth-order valence-electron chi connectivity index (χ4n) is 2.94. The molecular weight excluding hydrogens is 468 g/mol. The zero-order valence-electron chi connectivity index (χ0n) is 17.7. The van der Waals surface area contributed by atoms with Crippen molar-refractivity contribution in [3.8, 4) is 5.75 Å². The van der Waals surface area contributed by atoms with Crippen molar-refractivity contribution >= 4 is 39.3 Å². The van der Waals surface area contributed by atoms with Crippen LogP contribution < -0.4 is 10.1 Å². The van der Waals surface area contributed by atoms with Gasteiger partial charge in [0.2, 0.25) is 5.91 Å². The lowest BCUT2D eigenvalue weighted by Gasteiger charge is -2.33. The van der Waals surface area contributed by atoms with Gasteiger partial charge in [0, 0.05) is 21.6 Å². The Hall–Kier alpha value is -2.05.